The number of carbonyl (C=O) groups is 3. The number of carbonyl (C=O) groups excluding carboxylic acids is 3. The van der Waals surface area contributed by atoms with Gasteiger partial charge >= 0.3 is 0 Å². The van der Waals surface area contributed by atoms with Crippen molar-refractivity contribution in [3.63, 3.8) is 0 Å². The standard InChI is InChI=1S/C17H27N7O3S/c18-7-5-14(25)23-13(16(27)24-12(6-8-28)15(19)26)9-10-1-3-11(4-2-10)22-17(20)21/h1-4,12-13,28H,5-9,18H2,(H2,19,26)(H,23,25)(H,24,27)(H4,20,21,22)/t12-,13-/m0/s1. The molecule has 0 saturated carbocycles. The van der Waals surface area contributed by atoms with E-state index in [-0.39, 0.29) is 37.7 Å². The number of benzene rings is 1. The number of primary amides is 1. The minimum absolute atomic E-state index is 0.0688. The predicted octanol–water partition coefficient (Wildman–Crippen LogP) is -1.74. The van der Waals surface area contributed by atoms with Crippen LogP contribution in [0.25, 0.3) is 0 Å². The number of rotatable bonds is 11. The molecule has 1 aromatic carbocycles. The number of nitrogens with two attached hydrogens (primary N) is 4. The number of nitrogens with zero attached hydrogens (tertiary/aromatic N) is 1. The lowest BCUT2D eigenvalue weighted by atomic mass is 10.0. The summed E-state index contributed by atoms with van der Waals surface area (Å²) in [6.07, 6.45) is 0.542. The lowest BCUT2D eigenvalue weighted by Crippen LogP contribution is -2.54. The quantitative estimate of drug-likeness (QED) is 0.129. The molecule has 154 valence electrons. The van der Waals surface area contributed by atoms with Crippen molar-refractivity contribution >= 4 is 42.0 Å². The molecular weight excluding hydrogens is 382 g/mol. The van der Waals surface area contributed by atoms with Crippen LogP contribution in [0.5, 0.6) is 0 Å². The van der Waals surface area contributed by atoms with Gasteiger partial charge in [-0.1, -0.05) is 12.1 Å². The zero-order valence-corrected chi connectivity index (χ0v) is 16.3. The molecule has 2 atom stereocenters. The van der Waals surface area contributed by atoms with Gasteiger partial charge < -0.3 is 33.6 Å². The Morgan fingerprint density at radius 1 is 1.04 bits per heavy atom. The van der Waals surface area contributed by atoms with E-state index in [1.165, 1.54) is 0 Å². The first kappa shape index (κ1) is 23.2. The van der Waals surface area contributed by atoms with Crippen LogP contribution in [0.2, 0.25) is 0 Å². The molecule has 0 bridgehead atoms. The Labute approximate surface area is 168 Å². The monoisotopic (exact) mass is 409 g/mol. The summed E-state index contributed by atoms with van der Waals surface area (Å²) in [7, 11) is 0. The summed E-state index contributed by atoms with van der Waals surface area (Å²) in [5.41, 5.74) is 22.7. The van der Waals surface area contributed by atoms with E-state index in [1.54, 1.807) is 24.3 Å². The van der Waals surface area contributed by atoms with Gasteiger partial charge in [-0.3, -0.25) is 14.4 Å². The Bertz CT molecular complexity index is 705. The van der Waals surface area contributed by atoms with E-state index in [0.29, 0.717) is 11.4 Å². The van der Waals surface area contributed by atoms with Crippen molar-refractivity contribution in [1.29, 1.82) is 0 Å². The molecular formula is C17H27N7O3S. The van der Waals surface area contributed by atoms with E-state index >= 15 is 0 Å². The minimum Gasteiger partial charge on any atom is -0.370 e. The largest absolute Gasteiger partial charge is 0.370 e. The first-order valence-corrected chi connectivity index (χ1v) is 9.28. The Morgan fingerprint density at radius 2 is 1.68 bits per heavy atom. The van der Waals surface area contributed by atoms with Crippen LogP contribution >= 0.6 is 12.6 Å². The molecule has 0 aromatic heterocycles. The Kier molecular flexibility index (Phi) is 9.82. The van der Waals surface area contributed by atoms with Gasteiger partial charge in [0.25, 0.3) is 0 Å². The van der Waals surface area contributed by atoms with Crippen LogP contribution < -0.4 is 33.6 Å². The number of aliphatic imine (C=N–C) groups is 1. The average Bonchev–Trinajstić information content (AvgIpc) is 2.62. The van der Waals surface area contributed by atoms with Crippen LogP contribution in [-0.2, 0) is 20.8 Å². The van der Waals surface area contributed by atoms with E-state index in [0.717, 1.165) is 5.56 Å². The van der Waals surface area contributed by atoms with Gasteiger partial charge in [0.05, 0.1) is 5.69 Å². The second-order valence-corrected chi connectivity index (χ2v) is 6.49. The van der Waals surface area contributed by atoms with Crippen molar-refractivity contribution in [1.82, 2.24) is 10.6 Å². The number of hydrogen-bond acceptors (Lipinski definition) is 6. The molecule has 0 radical (unpaired) electrons. The molecule has 0 heterocycles. The molecule has 10 N–H and O–H groups in total. The fourth-order valence-electron chi connectivity index (χ4n) is 2.39. The molecule has 0 aliphatic heterocycles. The first-order valence-electron chi connectivity index (χ1n) is 8.65. The van der Waals surface area contributed by atoms with E-state index in [2.05, 4.69) is 28.3 Å². The van der Waals surface area contributed by atoms with Crippen molar-refractivity contribution < 1.29 is 14.4 Å². The molecule has 0 aliphatic rings. The lowest BCUT2D eigenvalue weighted by molar-refractivity contribution is -0.131. The zero-order chi connectivity index (χ0) is 21.1. The predicted molar refractivity (Wildman–Crippen MR) is 111 cm³/mol. The molecule has 0 unspecified atom stereocenters. The van der Waals surface area contributed by atoms with Crippen LogP contribution in [0.15, 0.2) is 29.3 Å². The van der Waals surface area contributed by atoms with Crippen molar-refractivity contribution in [2.75, 3.05) is 12.3 Å². The van der Waals surface area contributed by atoms with Gasteiger partial charge in [-0.05, 0) is 29.9 Å². The van der Waals surface area contributed by atoms with Gasteiger partial charge in [-0.2, -0.15) is 12.6 Å². The van der Waals surface area contributed by atoms with Gasteiger partial charge in [0.2, 0.25) is 17.7 Å². The third-order valence-corrected chi connectivity index (χ3v) is 3.99. The number of hydrogen-bond donors (Lipinski definition) is 7. The second kappa shape index (κ2) is 11.8. The Hall–Kier alpha value is -2.79. The van der Waals surface area contributed by atoms with Gasteiger partial charge in [-0.15, -0.1) is 0 Å². The summed E-state index contributed by atoms with van der Waals surface area (Å²) in [4.78, 5) is 40.0. The topological polar surface area (TPSA) is 192 Å². The molecule has 1 rings (SSSR count). The van der Waals surface area contributed by atoms with Crippen LogP contribution in [0.4, 0.5) is 5.69 Å². The van der Waals surface area contributed by atoms with Gasteiger partial charge in [0.1, 0.15) is 12.1 Å². The lowest BCUT2D eigenvalue weighted by Gasteiger charge is -2.22. The molecule has 11 heteroatoms. The molecule has 0 aliphatic carbocycles. The molecule has 0 fully saturated rings. The van der Waals surface area contributed by atoms with Crippen LogP contribution in [-0.4, -0.2) is 48.1 Å². The Balaban J connectivity index is 2.94. The number of thiol groups is 1. The Morgan fingerprint density at radius 3 is 2.18 bits per heavy atom. The number of guanidine groups is 1. The van der Waals surface area contributed by atoms with Crippen molar-refractivity contribution in [2.45, 2.75) is 31.3 Å². The maximum atomic E-state index is 12.6. The molecule has 3 amide bonds. The third-order valence-electron chi connectivity index (χ3n) is 3.74. The van der Waals surface area contributed by atoms with E-state index in [1.807, 2.05) is 0 Å². The first-order chi connectivity index (χ1) is 13.3. The fraction of sp³-hybridized carbons (Fsp3) is 0.412. The maximum absolute atomic E-state index is 12.6. The van der Waals surface area contributed by atoms with Crippen LogP contribution in [0, 0.1) is 0 Å². The van der Waals surface area contributed by atoms with Gasteiger partial charge in [0, 0.05) is 19.4 Å². The smallest absolute Gasteiger partial charge is 0.243 e. The van der Waals surface area contributed by atoms with E-state index < -0.39 is 23.9 Å². The second-order valence-electron chi connectivity index (χ2n) is 6.04. The number of nitrogens with one attached hydrogen (secondary N) is 2. The van der Waals surface area contributed by atoms with Crippen molar-refractivity contribution in [2.24, 2.45) is 27.9 Å². The summed E-state index contributed by atoms with van der Waals surface area (Å²) < 4.78 is 0. The fourth-order valence-corrected chi connectivity index (χ4v) is 2.64. The van der Waals surface area contributed by atoms with Crippen LogP contribution in [0.1, 0.15) is 18.4 Å². The highest BCUT2D eigenvalue weighted by molar-refractivity contribution is 7.80. The normalized spacial score (nSPS) is 12.5. The van der Waals surface area contributed by atoms with E-state index in [9.17, 15) is 14.4 Å². The van der Waals surface area contributed by atoms with Crippen molar-refractivity contribution in [3.05, 3.63) is 29.8 Å². The number of amides is 3. The third kappa shape index (κ3) is 8.27. The SMILES string of the molecule is NCCC(=O)N[C@@H](Cc1ccc(N=C(N)N)cc1)C(=O)N[C@@H](CCS)C(N)=O. The van der Waals surface area contributed by atoms with Gasteiger partial charge in [0.15, 0.2) is 5.96 Å². The maximum Gasteiger partial charge on any atom is 0.243 e. The molecule has 0 spiro atoms. The summed E-state index contributed by atoms with van der Waals surface area (Å²) in [6, 6.07) is 5.04. The highest BCUT2D eigenvalue weighted by Crippen LogP contribution is 2.14. The molecule has 28 heavy (non-hydrogen) atoms. The van der Waals surface area contributed by atoms with Gasteiger partial charge in [-0.25, -0.2) is 4.99 Å². The van der Waals surface area contributed by atoms with Crippen LogP contribution in [0.3, 0.4) is 0 Å². The molecule has 1 aromatic rings. The highest BCUT2D eigenvalue weighted by Gasteiger charge is 2.25. The highest BCUT2D eigenvalue weighted by atomic mass is 32.1. The molecule has 10 nitrogen and oxygen atoms in total. The molecule has 0 saturated heterocycles. The summed E-state index contributed by atoms with van der Waals surface area (Å²) in [5, 5.41) is 5.19. The van der Waals surface area contributed by atoms with E-state index in [4.69, 9.17) is 22.9 Å². The average molecular weight is 410 g/mol. The minimum atomic E-state index is -0.908. The summed E-state index contributed by atoms with van der Waals surface area (Å²) in [5.74, 6) is -1.27. The summed E-state index contributed by atoms with van der Waals surface area (Å²) >= 11 is 4.05. The summed E-state index contributed by atoms with van der Waals surface area (Å²) in [6.45, 7) is 0.150. The van der Waals surface area contributed by atoms with Crippen molar-refractivity contribution in [3.8, 4) is 0 Å². The zero-order valence-electron chi connectivity index (χ0n) is 15.4.